The standard InChI is InChI=1S/C30H32N8O3/c1-4-19(2)16-24(32-3)35-28(39)20-7-9-22(10-8-20)41-23-11-14-33-26-25(23)27(37-36-26)34-21-6-5-15-38(17-21)29(40)30(18-31)12-13-30/h4,7-11,14,16,21H,3,5-6,12-13,15,17H2,1-2H3,(H,35,39)(H2,33,34,36,37)/b19-4-,24-16+/t21-/m1/s1. The van der Waals surface area contributed by atoms with Crippen molar-refractivity contribution in [1.82, 2.24) is 25.4 Å². The monoisotopic (exact) mass is 552 g/mol. The van der Waals surface area contributed by atoms with Gasteiger partial charge in [0, 0.05) is 37.0 Å². The van der Waals surface area contributed by atoms with Gasteiger partial charge in [0.25, 0.3) is 5.91 Å². The number of hydrogen-bond donors (Lipinski definition) is 3. The molecular weight excluding hydrogens is 520 g/mol. The number of nitriles is 1. The van der Waals surface area contributed by atoms with Crippen LogP contribution in [0.3, 0.4) is 0 Å². The van der Waals surface area contributed by atoms with Crippen LogP contribution in [0, 0.1) is 16.7 Å². The van der Waals surface area contributed by atoms with Crippen molar-refractivity contribution in [2.45, 2.75) is 45.6 Å². The Morgan fingerprint density at radius 1 is 1.29 bits per heavy atom. The van der Waals surface area contributed by atoms with Gasteiger partial charge >= 0.3 is 0 Å². The molecule has 0 bridgehead atoms. The van der Waals surface area contributed by atoms with Gasteiger partial charge in [0.1, 0.15) is 28.1 Å². The molecule has 3 heterocycles. The van der Waals surface area contributed by atoms with Crippen molar-refractivity contribution in [3.8, 4) is 17.6 Å². The number of rotatable bonds is 9. The second kappa shape index (κ2) is 11.6. The number of carbonyl (C=O) groups is 2. The Hall–Kier alpha value is -4.98. The number of pyridine rings is 1. The number of benzene rings is 1. The predicted molar refractivity (Wildman–Crippen MR) is 155 cm³/mol. The van der Waals surface area contributed by atoms with Crippen LogP contribution in [0.1, 0.15) is 49.9 Å². The molecular formula is C30H32N8O3. The molecule has 1 aliphatic carbocycles. The molecule has 41 heavy (non-hydrogen) atoms. The molecule has 1 saturated heterocycles. The van der Waals surface area contributed by atoms with Crippen molar-refractivity contribution >= 4 is 35.4 Å². The number of carbonyl (C=O) groups excluding carboxylic acids is 2. The SMILES string of the molecule is C=N/C(=C\C(C)=C/C)NC(=O)c1ccc(Oc2ccnc3[nH]nc(N[C@@H]4CCCN(C(=O)C5(C#N)CC5)C4)c23)cc1. The number of fused-ring (bicyclic) bond motifs is 1. The summed E-state index contributed by atoms with van der Waals surface area (Å²) in [6.07, 6.45) is 8.26. The summed E-state index contributed by atoms with van der Waals surface area (Å²) in [4.78, 5) is 35.7. The summed E-state index contributed by atoms with van der Waals surface area (Å²) in [5.41, 5.74) is 1.12. The van der Waals surface area contributed by atoms with Gasteiger partial charge in [-0.2, -0.15) is 10.4 Å². The lowest BCUT2D eigenvalue weighted by molar-refractivity contribution is -0.136. The third-order valence-corrected chi connectivity index (χ3v) is 7.42. The zero-order valence-electron chi connectivity index (χ0n) is 23.1. The normalized spacial score (nSPS) is 18.4. The number of nitrogens with zero attached hydrogens (tertiary/aromatic N) is 5. The van der Waals surface area contributed by atoms with Crippen molar-refractivity contribution in [2.75, 3.05) is 18.4 Å². The fourth-order valence-corrected chi connectivity index (χ4v) is 4.80. The Morgan fingerprint density at radius 3 is 2.76 bits per heavy atom. The van der Waals surface area contributed by atoms with Crippen molar-refractivity contribution in [3.63, 3.8) is 0 Å². The number of amides is 2. The van der Waals surface area contributed by atoms with E-state index >= 15 is 0 Å². The summed E-state index contributed by atoms with van der Waals surface area (Å²) in [7, 11) is 0. The number of ether oxygens (including phenoxy) is 1. The molecule has 11 nitrogen and oxygen atoms in total. The highest BCUT2D eigenvalue weighted by atomic mass is 16.5. The average molecular weight is 553 g/mol. The maximum Gasteiger partial charge on any atom is 0.256 e. The number of allylic oxidation sites excluding steroid dienone is 3. The van der Waals surface area contributed by atoms with E-state index in [-0.39, 0.29) is 17.9 Å². The maximum atomic E-state index is 12.9. The van der Waals surface area contributed by atoms with Crippen LogP contribution in [-0.2, 0) is 4.79 Å². The van der Waals surface area contributed by atoms with E-state index in [4.69, 9.17) is 4.74 Å². The van der Waals surface area contributed by atoms with E-state index in [2.05, 4.69) is 43.6 Å². The lowest BCUT2D eigenvalue weighted by atomic mass is 10.0. The number of aromatic amines is 1. The van der Waals surface area contributed by atoms with E-state index in [9.17, 15) is 14.9 Å². The average Bonchev–Trinajstić information content (AvgIpc) is 3.70. The van der Waals surface area contributed by atoms with Crippen LogP contribution in [0.15, 0.2) is 65.1 Å². The van der Waals surface area contributed by atoms with Crippen molar-refractivity contribution in [1.29, 1.82) is 5.26 Å². The molecule has 0 unspecified atom stereocenters. The Balaban J connectivity index is 1.29. The molecule has 1 aliphatic heterocycles. The Bertz CT molecular complexity index is 1580. The van der Waals surface area contributed by atoms with E-state index in [1.54, 1.807) is 47.5 Å². The number of nitrogens with one attached hydrogen (secondary N) is 3. The Kier molecular flexibility index (Phi) is 7.83. The topological polar surface area (TPSA) is 148 Å². The molecule has 1 atom stereocenters. The number of H-pyrrole nitrogens is 1. The first-order valence-corrected chi connectivity index (χ1v) is 13.6. The van der Waals surface area contributed by atoms with Gasteiger partial charge in [-0.05, 0) is 76.6 Å². The minimum absolute atomic E-state index is 0.0276. The number of likely N-dealkylation sites (tertiary alicyclic amines) is 1. The van der Waals surface area contributed by atoms with Crippen LogP contribution < -0.4 is 15.4 Å². The quantitative estimate of drug-likeness (QED) is 0.257. The summed E-state index contributed by atoms with van der Waals surface area (Å²) >= 11 is 0. The van der Waals surface area contributed by atoms with Crippen molar-refractivity contribution in [3.05, 3.63) is 65.6 Å². The molecule has 1 aromatic carbocycles. The fraction of sp³-hybridized carbons (Fsp3) is 0.333. The van der Waals surface area contributed by atoms with Crippen LogP contribution >= 0.6 is 0 Å². The molecule has 2 aliphatic rings. The number of aromatic nitrogens is 3. The molecule has 3 aromatic rings. The van der Waals surface area contributed by atoms with Crippen LogP contribution in [0.2, 0.25) is 0 Å². The van der Waals surface area contributed by atoms with Gasteiger partial charge in [0.15, 0.2) is 11.5 Å². The molecule has 2 aromatic heterocycles. The fourth-order valence-electron chi connectivity index (χ4n) is 4.80. The van der Waals surface area contributed by atoms with E-state index in [1.165, 1.54) is 0 Å². The van der Waals surface area contributed by atoms with Crippen molar-refractivity contribution < 1.29 is 14.3 Å². The second-order valence-electron chi connectivity index (χ2n) is 10.3. The zero-order valence-corrected chi connectivity index (χ0v) is 23.1. The largest absolute Gasteiger partial charge is 0.456 e. The highest BCUT2D eigenvalue weighted by molar-refractivity contribution is 5.96. The molecule has 0 radical (unpaired) electrons. The number of hydrogen-bond acceptors (Lipinski definition) is 8. The number of piperidine rings is 1. The van der Waals surface area contributed by atoms with Crippen LogP contribution in [0.5, 0.6) is 11.5 Å². The van der Waals surface area contributed by atoms with Gasteiger partial charge in [-0.25, -0.2) is 9.98 Å². The van der Waals surface area contributed by atoms with E-state index in [1.807, 2.05) is 19.9 Å². The van der Waals surface area contributed by atoms with Gasteiger partial charge < -0.3 is 20.3 Å². The predicted octanol–water partition coefficient (Wildman–Crippen LogP) is 4.69. The first kappa shape index (κ1) is 27.6. The Morgan fingerprint density at radius 2 is 2.07 bits per heavy atom. The van der Waals surface area contributed by atoms with Gasteiger partial charge in [0.2, 0.25) is 5.91 Å². The third-order valence-electron chi connectivity index (χ3n) is 7.42. The summed E-state index contributed by atoms with van der Waals surface area (Å²) in [5.74, 6) is 1.64. The lowest BCUT2D eigenvalue weighted by Gasteiger charge is -2.34. The lowest BCUT2D eigenvalue weighted by Crippen LogP contribution is -2.47. The van der Waals surface area contributed by atoms with E-state index in [0.29, 0.717) is 65.7 Å². The van der Waals surface area contributed by atoms with Gasteiger partial charge in [-0.1, -0.05) is 11.6 Å². The Labute approximate surface area is 238 Å². The summed E-state index contributed by atoms with van der Waals surface area (Å²) in [6.45, 7) is 8.49. The number of aliphatic imine (C=N–C) groups is 1. The van der Waals surface area contributed by atoms with Crippen LogP contribution in [0.4, 0.5) is 5.82 Å². The highest BCUT2D eigenvalue weighted by Gasteiger charge is 2.53. The van der Waals surface area contributed by atoms with Gasteiger partial charge in [-0.15, -0.1) is 0 Å². The summed E-state index contributed by atoms with van der Waals surface area (Å²) < 4.78 is 6.19. The van der Waals surface area contributed by atoms with E-state index < -0.39 is 5.41 Å². The summed E-state index contributed by atoms with van der Waals surface area (Å²) in [6, 6.07) is 10.7. The highest BCUT2D eigenvalue weighted by Crippen LogP contribution is 2.47. The third kappa shape index (κ3) is 5.96. The molecule has 0 spiro atoms. The smallest absolute Gasteiger partial charge is 0.256 e. The summed E-state index contributed by atoms with van der Waals surface area (Å²) in [5, 5.41) is 23.7. The first-order chi connectivity index (χ1) is 19.9. The van der Waals surface area contributed by atoms with E-state index in [0.717, 1.165) is 18.4 Å². The van der Waals surface area contributed by atoms with Gasteiger partial charge in [-0.3, -0.25) is 14.7 Å². The van der Waals surface area contributed by atoms with Crippen molar-refractivity contribution in [2.24, 2.45) is 10.4 Å². The molecule has 11 heteroatoms. The molecule has 5 rings (SSSR count). The van der Waals surface area contributed by atoms with Crippen LogP contribution in [0.25, 0.3) is 11.0 Å². The minimum atomic E-state index is -0.824. The molecule has 3 N–H and O–H groups in total. The zero-order chi connectivity index (χ0) is 29.0. The minimum Gasteiger partial charge on any atom is -0.456 e. The maximum absolute atomic E-state index is 12.9. The second-order valence-corrected chi connectivity index (χ2v) is 10.3. The molecule has 1 saturated carbocycles. The molecule has 2 amide bonds. The molecule has 210 valence electrons. The van der Waals surface area contributed by atoms with Crippen LogP contribution in [-0.4, -0.2) is 57.7 Å². The number of anilines is 1. The first-order valence-electron chi connectivity index (χ1n) is 13.6. The van der Waals surface area contributed by atoms with Gasteiger partial charge in [0.05, 0.1) is 6.07 Å². The molecule has 2 fully saturated rings.